The molecular weight excluding hydrogens is 317 g/mol. The average Bonchev–Trinajstić information content (AvgIpc) is 2.81. The van der Waals surface area contributed by atoms with Crippen molar-refractivity contribution in [3.8, 4) is 0 Å². The van der Waals surface area contributed by atoms with E-state index in [0.717, 1.165) is 17.0 Å². The molecule has 0 aliphatic heterocycles. The minimum Gasteiger partial charge on any atom is -0.358 e. The van der Waals surface area contributed by atoms with E-state index in [-0.39, 0.29) is 16.9 Å². The van der Waals surface area contributed by atoms with Gasteiger partial charge in [-0.3, -0.25) is 4.79 Å². The first-order valence-corrected chi connectivity index (χ1v) is 6.26. The normalized spacial score (nSPS) is 11.3. The Morgan fingerprint density at radius 2 is 2.04 bits per heavy atom. The molecule has 0 saturated heterocycles. The van der Waals surface area contributed by atoms with Crippen LogP contribution in [0.3, 0.4) is 0 Å². The second kappa shape index (κ2) is 5.71. The molecule has 0 unspecified atom stereocenters. The van der Waals surface area contributed by atoms with Crippen LogP contribution in [0.4, 0.5) is 24.7 Å². The summed E-state index contributed by atoms with van der Waals surface area (Å²) in [5.41, 5.74) is -1.37. The zero-order valence-corrected chi connectivity index (χ0v) is 12.0. The summed E-state index contributed by atoms with van der Waals surface area (Å²) in [6, 6.07) is 3.26. The number of alkyl halides is 3. The molecule has 1 aromatic heterocycles. The Morgan fingerprint density at radius 3 is 2.61 bits per heavy atom. The molecule has 0 fully saturated rings. The second-order valence-corrected chi connectivity index (χ2v) is 4.77. The fourth-order valence-electron chi connectivity index (χ4n) is 2.01. The van der Waals surface area contributed by atoms with Crippen molar-refractivity contribution in [2.45, 2.75) is 13.1 Å². The molecule has 0 atom stereocenters. The average molecular weight is 328 g/mol. The number of aromatic nitrogens is 2. The third kappa shape index (κ3) is 3.30. The summed E-state index contributed by atoms with van der Waals surface area (Å²) < 4.78 is 39.7. The molecule has 0 bridgehead atoms. The number of hydrogen-bond donors (Lipinski definition) is 1. The van der Waals surface area contributed by atoms with Crippen LogP contribution < -0.4 is 5.32 Å². The van der Waals surface area contributed by atoms with Gasteiger partial charge in [-0.2, -0.15) is 13.2 Å². The highest BCUT2D eigenvalue weighted by atomic mass is 19.4. The summed E-state index contributed by atoms with van der Waals surface area (Å²) in [6.45, 7) is 1.29. The van der Waals surface area contributed by atoms with Crippen LogP contribution in [0.1, 0.15) is 21.6 Å². The van der Waals surface area contributed by atoms with E-state index in [1.807, 2.05) is 0 Å². The number of hydrogen-bond acceptors (Lipinski definition) is 4. The molecule has 0 saturated carbocycles. The Bertz CT molecular complexity index is 783. The van der Waals surface area contributed by atoms with Gasteiger partial charge in [-0.1, -0.05) is 6.07 Å². The molecule has 1 N–H and O–H groups in total. The lowest BCUT2D eigenvalue weighted by molar-refractivity contribution is -0.389. The van der Waals surface area contributed by atoms with E-state index in [1.165, 1.54) is 26.1 Å². The highest BCUT2D eigenvalue weighted by Crippen LogP contribution is 2.33. The molecule has 23 heavy (non-hydrogen) atoms. The number of imidazole rings is 1. The quantitative estimate of drug-likeness (QED) is 0.693. The minimum absolute atomic E-state index is 0.00186. The first kappa shape index (κ1) is 16.5. The smallest absolute Gasteiger partial charge is 0.358 e. The molecule has 0 radical (unpaired) electrons. The van der Waals surface area contributed by atoms with Crippen molar-refractivity contribution < 1.29 is 22.9 Å². The maximum Gasteiger partial charge on any atom is 0.416 e. The molecule has 1 amide bonds. The Labute approximate surface area is 127 Å². The maximum atomic E-state index is 12.9. The Balaban J connectivity index is 2.35. The van der Waals surface area contributed by atoms with Gasteiger partial charge in [-0.15, -0.1) is 0 Å². The molecule has 0 aliphatic rings. The third-order valence-corrected chi connectivity index (χ3v) is 3.11. The van der Waals surface area contributed by atoms with Gasteiger partial charge in [0.15, 0.2) is 0 Å². The largest absolute Gasteiger partial charge is 0.416 e. The molecular formula is C13H11F3N4O3. The van der Waals surface area contributed by atoms with Gasteiger partial charge in [0.25, 0.3) is 5.91 Å². The van der Waals surface area contributed by atoms with E-state index in [4.69, 9.17) is 0 Å². The van der Waals surface area contributed by atoms with Crippen LogP contribution in [0.15, 0.2) is 24.5 Å². The number of aryl methyl sites for hydroxylation is 2. The zero-order chi connectivity index (χ0) is 17.4. The van der Waals surface area contributed by atoms with Crippen molar-refractivity contribution in [1.29, 1.82) is 0 Å². The van der Waals surface area contributed by atoms with Crippen LogP contribution in [0.5, 0.6) is 0 Å². The number of nitro groups is 1. The number of benzene rings is 1. The van der Waals surface area contributed by atoms with Gasteiger partial charge in [0, 0.05) is 12.7 Å². The highest BCUT2D eigenvalue weighted by molar-refractivity contribution is 6.05. The molecule has 2 aromatic rings. The van der Waals surface area contributed by atoms with Gasteiger partial charge < -0.3 is 20.0 Å². The number of carbonyl (C=O) groups excluding carboxylic acids is 1. The highest BCUT2D eigenvalue weighted by Gasteiger charge is 2.33. The first-order valence-electron chi connectivity index (χ1n) is 6.26. The number of nitrogens with one attached hydrogen (secondary N) is 1. The first-order chi connectivity index (χ1) is 10.6. The van der Waals surface area contributed by atoms with Crippen molar-refractivity contribution in [1.82, 2.24) is 9.55 Å². The SMILES string of the molecule is Cc1ccc(NC(=O)c2c([N+](=O)[O-])ncn2C)cc1C(F)(F)F. The zero-order valence-electron chi connectivity index (χ0n) is 12.0. The van der Waals surface area contributed by atoms with Gasteiger partial charge in [-0.05, 0) is 34.5 Å². The van der Waals surface area contributed by atoms with E-state index in [1.54, 1.807) is 0 Å². The van der Waals surface area contributed by atoms with Crippen LogP contribution in [-0.4, -0.2) is 20.4 Å². The van der Waals surface area contributed by atoms with Crippen LogP contribution in [0.2, 0.25) is 0 Å². The number of halogens is 3. The maximum absolute atomic E-state index is 12.9. The monoisotopic (exact) mass is 328 g/mol. The summed E-state index contributed by atoms with van der Waals surface area (Å²) >= 11 is 0. The van der Waals surface area contributed by atoms with E-state index in [0.29, 0.717) is 0 Å². The number of carbonyl (C=O) groups is 1. The molecule has 122 valence electrons. The Kier molecular flexibility index (Phi) is 4.08. The topological polar surface area (TPSA) is 90.1 Å². The van der Waals surface area contributed by atoms with Crippen molar-refractivity contribution in [3.63, 3.8) is 0 Å². The molecule has 1 aromatic carbocycles. The molecule has 1 heterocycles. The lowest BCUT2D eigenvalue weighted by atomic mass is 10.1. The van der Waals surface area contributed by atoms with Gasteiger partial charge in [0.1, 0.15) is 0 Å². The predicted molar refractivity (Wildman–Crippen MR) is 74.0 cm³/mol. The fourth-order valence-corrected chi connectivity index (χ4v) is 2.01. The molecule has 0 spiro atoms. The van der Waals surface area contributed by atoms with E-state index < -0.39 is 28.4 Å². The van der Waals surface area contributed by atoms with Crippen molar-refractivity contribution >= 4 is 17.4 Å². The lowest BCUT2D eigenvalue weighted by Crippen LogP contribution is -2.18. The van der Waals surface area contributed by atoms with Gasteiger partial charge in [0.2, 0.25) is 12.0 Å². The van der Waals surface area contributed by atoms with E-state index in [2.05, 4.69) is 10.3 Å². The Morgan fingerprint density at radius 1 is 1.39 bits per heavy atom. The molecule has 2 rings (SSSR count). The predicted octanol–water partition coefficient (Wildman–Crippen LogP) is 2.91. The number of nitrogens with zero attached hydrogens (tertiary/aromatic N) is 3. The van der Waals surface area contributed by atoms with Crippen molar-refractivity contribution in [3.05, 3.63) is 51.5 Å². The standard InChI is InChI=1S/C13H11F3N4O3/c1-7-3-4-8(5-9(7)13(14,15)16)18-12(21)10-11(20(22)23)17-6-19(10)2/h3-6H,1-2H3,(H,18,21). The minimum atomic E-state index is -4.57. The van der Waals surface area contributed by atoms with Gasteiger partial charge in [-0.25, -0.2) is 0 Å². The fraction of sp³-hybridized carbons (Fsp3) is 0.231. The summed E-state index contributed by atoms with van der Waals surface area (Å²) in [7, 11) is 1.37. The van der Waals surface area contributed by atoms with Crippen LogP contribution >= 0.6 is 0 Å². The van der Waals surface area contributed by atoms with Crippen LogP contribution in [0.25, 0.3) is 0 Å². The van der Waals surface area contributed by atoms with Gasteiger partial charge >= 0.3 is 12.0 Å². The van der Waals surface area contributed by atoms with Crippen molar-refractivity contribution in [2.75, 3.05) is 5.32 Å². The summed E-state index contributed by atoms with van der Waals surface area (Å²) in [5.74, 6) is -1.60. The summed E-state index contributed by atoms with van der Waals surface area (Å²) in [6.07, 6.45) is -3.49. The number of rotatable bonds is 3. The molecule has 0 aliphatic carbocycles. The van der Waals surface area contributed by atoms with E-state index in [9.17, 15) is 28.1 Å². The van der Waals surface area contributed by atoms with Crippen LogP contribution in [-0.2, 0) is 13.2 Å². The molecule has 10 heteroatoms. The second-order valence-electron chi connectivity index (χ2n) is 4.77. The van der Waals surface area contributed by atoms with Gasteiger partial charge in [0.05, 0.1) is 5.56 Å². The van der Waals surface area contributed by atoms with Crippen LogP contribution in [0, 0.1) is 17.0 Å². The van der Waals surface area contributed by atoms with E-state index >= 15 is 0 Å². The Hall–Kier alpha value is -2.91. The third-order valence-electron chi connectivity index (χ3n) is 3.11. The molecule has 7 nitrogen and oxygen atoms in total. The van der Waals surface area contributed by atoms with Crippen molar-refractivity contribution in [2.24, 2.45) is 7.05 Å². The lowest BCUT2D eigenvalue weighted by Gasteiger charge is -2.12. The summed E-state index contributed by atoms with van der Waals surface area (Å²) in [5, 5.41) is 13.0. The number of anilines is 1. The summed E-state index contributed by atoms with van der Waals surface area (Å²) in [4.78, 5) is 25.6. The number of amides is 1.